The summed E-state index contributed by atoms with van der Waals surface area (Å²) >= 11 is 0. The molecule has 0 bridgehead atoms. The number of benzene rings is 1. The van der Waals surface area contributed by atoms with E-state index < -0.39 is 0 Å². The minimum absolute atomic E-state index is 0.502. The van der Waals surface area contributed by atoms with E-state index in [0.29, 0.717) is 23.1 Å². The number of hydrogen-bond donors (Lipinski definition) is 1. The Labute approximate surface area is 93.6 Å². The highest BCUT2D eigenvalue weighted by Crippen LogP contribution is 2.29. The van der Waals surface area contributed by atoms with Crippen LogP contribution >= 0.6 is 0 Å². The minimum atomic E-state index is 0.502. The fourth-order valence-electron chi connectivity index (χ4n) is 1.25. The van der Waals surface area contributed by atoms with Gasteiger partial charge in [-0.15, -0.1) is 0 Å². The van der Waals surface area contributed by atoms with Gasteiger partial charge in [0.25, 0.3) is 0 Å². The van der Waals surface area contributed by atoms with Gasteiger partial charge in [-0.05, 0) is 18.2 Å². The van der Waals surface area contributed by atoms with Crippen molar-refractivity contribution < 1.29 is 9.47 Å². The summed E-state index contributed by atoms with van der Waals surface area (Å²) in [5.74, 6) is 1.74. The molecule has 0 saturated carbocycles. The molecule has 82 valence electrons. The molecule has 0 aliphatic carbocycles. The van der Waals surface area contributed by atoms with E-state index in [1.807, 2.05) is 12.1 Å². The molecule has 1 aromatic carbocycles. The number of anilines is 1. The monoisotopic (exact) mass is 216 g/mol. The molecule has 0 atom stereocenters. The summed E-state index contributed by atoms with van der Waals surface area (Å²) < 4.78 is 10.6. The van der Waals surface area contributed by atoms with Crippen LogP contribution in [0.5, 0.6) is 17.4 Å². The second-order valence-corrected chi connectivity index (χ2v) is 3.17. The normalized spacial score (nSPS) is 9.81. The van der Waals surface area contributed by atoms with Crippen LogP contribution in [0.25, 0.3) is 0 Å². The Hall–Kier alpha value is -2.23. The van der Waals surface area contributed by atoms with Crippen molar-refractivity contribution in [3.63, 3.8) is 0 Å². The van der Waals surface area contributed by atoms with Crippen molar-refractivity contribution in [2.45, 2.75) is 0 Å². The molecule has 0 unspecified atom stereocenters. The van der Waals surface area contributed by atoms with Gasteiger partial charge in [0.2, 0.25) is 5.88 Å². The average molecular weight is 216 g/mol. The maximum Gasteiger partial charge on any atom is 0.219 e. The van der Waals surface area contributed by atoms with E-state index in [1.165, 1.54) is 0 Å². The highest BCUT2D eigenvalue weighted by atomic mass is 16.5. The maximum absolute atomic E-state index is 5.78. The van der Waals surface area contributed by atoms with E-state index in [1.54, 1.807) is 37.6 Å². The Balaban J connectivity index is 2.27. The lowest BCUT2D eigenvalue weighted by Crippen LogP contribution is -1.94. The van der Waals surface area contributed by atoms with Gasteiger partial charge >= 0.3 is 0 Å². The number of rotatable bonds is 3. The SMILES string of the molecule is COc1ccc(N)c(Oc2ccccn2)c1. The molecule has 0 aliphatic heterocycles. The molecule has 0 amide bonds. The Kier molecular flexibility index (Phi) is 2.91. The molecule has 2 rings (SSSR count). The van der Waals surface area contributed by atoms with Crippen LogP contribution < -0.4 is 15.2 Å². The summed E-state index contributed by atoms with van der Waals surface area (Å²) in [4.78, 5) is 4.05. The fraction of sp³-hybridized carbons (Fsp3) is 0.0833. The Morgan fingerprint density at radius 1 is 1.19 bits per heavy atom. The van der Waals surface area contributed by atoms with Crippen molar-refractivity contribution in [2.75, 3.05) is 12.8 Å². The molecule has 0 fully saturated rings. The highest BCUT2D eigenvalue weighted by molar-refractivity contribution is 5.56. The van der Waals surface area contributed by atoms with Crippen LogP contribution in [0.1, 0.15) is 0 Å². The molecule has 4 nitrogen and oxygen atoms in total. The molecular weight excluding hydrogens is 204 g/mol. The van der Waals surface area contributed by atoms with Crippen molar-refractivity contribution in [3.8, 4) is 17.4 Å². The van der Waals surface area contributed by atoms with E-state index in [4.69, 9.17) is 15.2 Å². The van der Waals surface area contributed by atoms with Crippen LogP contribution in [0.4, 0.5) is 5.69 Å². The number of ether oxygens (including phenoxy) is 2. The minimum Gasteiger partial charge on any atom is -0.497 e. The second-order valence-electron chi connectivity index (χ2n) is 3.17. The van der Waals surface area contributed by atoms with Gasteiger partial charge in [0.1, 0.15) is 5.75 Å². The number of aromatic nitrogens is 1. The zero-order valence-corrected chi connectivity index (χ0v) is 8.88. The fourth-order valence-corrected chi connectivity index (χ4v) is 1.25. The van der Waals surface area contributed by atoms with Gasteiger partial charge in [-0.2, -0.15) is 0 Å². The maximum atomic E-state index is 5.78. The van der Waals surface area contributed by atoms with Crippen LogP contribution in [0.2, 0.25) is 0 Å². The third kappa shape index (κ3) is 2.23. The van der Waals surface area contributed by atoms with Gasteiger partial charge in [0.15, 0.2) is 5.75 Å². The lowest BCUT2D eigenvalue weighted by Gasteiger charge is -2.08. The molecule has 2 N–H and O–H groups in total. The van der Waals surface area contributed by atoms with E-state index >= 15 is 0 Å². The van der Waals surface area contributed by atoms with E-state index in [2.05, 4.69) is 4.98 Å². The van der Waals surface area contributed by atoms with Crippen LogP contribution in [0, 0.1) is 0 Å². The number of pyridine rings is 1. The molecule has 1 heterocycles. The molecule has 0 saturated heterocycles. The first-order valence-electron chi connectivity index (χ1n) is 4.82. The van der Waals surface area contributed by atoms with Gasteiger partial charge in [0, 0.05) is 18.3 Å². The van der Waals surface area contributed by atoms with Crippen LogP contribution in [0.15, 0.2) is 42.6 Å². The Morgan fingerprint density at radius 3 is 2.75 bits per heavy atom. The van der Waals surface area contributed by atoms with Gasteiger partial charge in [-0.1, -0.05) is 6.07 Å². The molecular formula is C12H12N2O2. The summed E-state index contributed by atoms with van der Waals surface area (Å²) in [6.07, 6.45) is 1.66. The zero-order chi connectivity index (χ0) is 11.4. The largest absolute Gasteiger partial charge is 0.497 e. The highest BCUT2D eigenvalue weighted by Gasteiger charge is 2.04. The van der Waals surface area contributed by atoms with Crippen LogP contribution in [-0.4, -0.2) is 12.1 Å². The van der Waals surface area contributed by atoms with Crippen molar-refractivity contribution in [1.29, 1.82) is 0 Å². The predicted molar refractivity (Wildman–Crippen MR) is 61.7 cm³/mol. The summed E-state index contributed by atoms with van der Waals surface area (Å²) in [6.45, 7) is 0. The lowest BCUT2D eigenvalue weighted by atomic mass is 10.3. The quantitative estimate of drug-likeness (QED) is 0.801. The second kappa shape index (κ2) is 4.53. The van der Waals surface area contributed by atoms with Crippen molar-refractivity contribution in [2.24, 2.45) is 0 Å². The van der Waals surface area contributed by atoms with Gasteiger partial charge in [-0.3, -0.25) is 0 Å². The average Bonchev–Trinajstić information content (AvgIpc) is 2.33. The van der Waals surface area contributed by atoms with Crippen molar-refractivity contribution >= 4 is 5.69 Å². The number of nitrogen functional groups attached to an aromatic ring is 1. The molecule has 1 aromatic heterocycles. The topological polar surface area (TPSA) is 57.4 Å². The van der Waals surface area contributed by atoms with Gasteiger partial charge < -0.3 is 15.2 Å². The molecule has 0 aliphatic rings. The summed E-state index contributed by atoms with van der Waals surface area (Å²) in [5.41, 5.74) is 6.33. The molecule has 0 radical (unpaired) electrons. The van der Waals surface area contributed by atoms with Crippen LogP contribution in [-0.2, 0) is 0 Å². The standard InChI is InChI=1S/C12H12N2O2/c1-15-9-5-6-10(13)11(8-9)16-12-4-2-3-7-14-12/h2-8H,13H2,1H3. The van der Waals surface area contributed by atoms with E-state index in [-0.39, 0.29) is 0 Å². The molecule has 0 spiro atoms. The molecule has 16 heavy (non-hydrogen) atoms. The van der Waals surface area contributed by atoms with E-state index in [0.717, 1.165) is 0 Å². The smallest absolute Gasteiger partial charge is 0.219 e. The lowest BCUT2D eigenvalue weighted by molar-refractivity contribution is 0.408. The van der Waals surface area contributed by atoms with E-state index in [9.17, 15) is 0 Å². The summed E-state index contributed by atoms with van der Waals surface area (Å²) in [5, 5.41) is 0. The Morgan fingerprint density at radius 2 is 2.06 bits per heavy atom. The van der Waals surface area contributed by atoms with Crippen LogP contribution in [0.3, 0.4) is 0 Å². The first-order chi connectivity index (χ1) is 7.79. The predicted octanol–water partition coefficient (Wildman–Crippen LogP) is 2.46. The van der Waals surface area contributed by atoms with Crippen molar-refractivity contribution in [3.05, 3.63) is 42.6 Å². The third-order valence-electron chi connectivity index (χ3n) is 2.07. The van der Waals surface area contributed by atoms with Crippen molar-refractivity contribution in [1.82, 2.24) is 4.98 Å². The molecule has 4 heteroatoms. The van der Waals surface area contributed by atoms with Gasteiger partial charge in [0.05, 0.1) is 12.8 Å². The Bertz CT molecular complexity index is 472. The number of nitrogens with two attached hydrogens (primary N) is 1. The molecule has 2 aromatic rings. The first-order valence-corrected chi connectivity index (χ1v) is 4.82. The third-order valence-corrected chi connectivity index (χ3v) is 2.07. The summed E-state index contributed by atoms with van der Waals surface area (Å²) in [7, 11) is 1.59. The first kappa shape index (κ1) is 10.3. The number of hydrogen-bond acceptors (Lipinski definition) is 4. The van der Waals surface area contributed by atoms with Gasteiger partial charge in [-0.25, -0.2) is 4.98 Å². The number of nitrogens with zero attached hydrogens (tertiary/aromatic N) is 1. The zero-order valence-electron chi connectivity index (χ0n) is 8.88. The summed E-state index contributed by atoms with van der Waals surface area (Å²) in [6, 6.07) is 10.7. The number of methoxy groups -OCH3 is 1.